The molecule has 2 atom stereocenters. The molecular formula is C13H25N3S. The quantitative estimate of drug-likeness (QED) is 0.737. The van der Waals surface area contributed by atoms with Crippen molar-refractivity contribution in [2.75, 3.05) is 13.6 Å². The fourth-order valence-corrected chi connectivity index (χ4v) is 3.24. The average molecular weight is 255 g/mol. The molecule has 98 valence electrons. The topological polar surface area (TPSA) is 27.3 Å². The van der Waals surface area contributed by atoms with Crippen molar-refractivity contribution in [3.63, 3.8) is 0 Å². The summed E-state index contributed by atoms with van der Waals surface area (Å²) in [5.41, 5.74) is 0. The molecule has 1 saturated heterocycles. The molecule has 17 heavy (non-hydrogen) atoms. The van der Waals surface area contributed by atoms with Crippen LogP contribution >= 0.6 is 12.2 Å². The number of nitrogens with zero attached hydrogens (tertiary/aromatic N) is 1. The van der Waals surface area contributed by atoms with Gasteiger partial charge in [0, 0.05) is 24.7 Å². The van der Waals surface area contributed by atoms with Gasteiger partial charge in [-0.15, -0.1) is 0 Å². The van der Waals surface area contributed by atoms with E-state index in [-0.39, 0.29) is 0 Å². The van der Waals surface area contributed by atoms with Crippen LogP contribution in [0, 0.1) is 0 Å². The SMILES string of the molecule is CC1CC(NC(=S)NC2CCCC2)CCN1C. The Morgan fingerprint density at radius 2 is 1.76 bits per heavy atom. The minimum atomic E-state index is 0.558. The van der Waals surface area contributed by atoms with E-state index in [9.17, 15) is 0 Å². The first-order valence-corrected chi connectivity index (χ1v) is 7.33. The molecule has 2 unspecified atom stereocenters. The zero-order valence-corrected chi connectivity index (χ0v) is 11.9. The van der Waals surface area contributed by atoms with E-state index in [1.165, 1.54) is 45.1 Å². The summed E-state index contributed by atoms with van der Waals surface area (Å²) in [5, 5.41) is 7.82. The van der Waals surface area contributed by atoms with E-state index in [1.807, 2.05) is 0 Å². The van der Waals surface area contributed by atoms with Crippen molar-refractivity contribution >= 4 is 17.3 Å². The second-order valence-corrected chi connectivity index (χ2v) is 6.06. The Labute approximate surface area is 110 Å². The van der Waals surface area contributed by atoms with Crippen LogP contribution in [0.2, 0.25) is 0 Å². The summed E-state index contributed by atoms with van der Waals surface area (Å²) >= 11 is 5.40. The molecule has 0 bridgehead atoms. The van der Waals surface area contributed by atoms with Crippen LogP contribution < -0.4 is 10.6 Å². The minimum Gasteiger partial charge on any atom is -0.360 e. The summed E-state index contributed by atoms with van der Waals surface area (Å²) in [6.45, 7) is 3.46. The zero-order chi connectivity index (χ0) is 12.3. The lowest BCUT2D eigenvalue weighted by Gasteiger charge is -2.36. The molecule has 1 heterocycles. The summed E-state index contributed by atoms with van der Waals surface area (Å²) in [6.07, 6.45) is 7.67. The van der Waals surface area contributed by atoms with Crippen LogP contribution in [0.15, 0.2) is 0 Å². The molecule has 4 heteroatoms. The number of nitrogens with one attached hydrogen (secondary N) is 2. The fraction of sp³-hybridized carbons (Fsp3) is 0.923. The van der Waals surface area contributed by atoms with E-state index in [1.54, 1.807) is 0 Å². The number of piperidine rings is 1. The van der Waals surface area contributed by atoms with Crippen molar-refractivity contribution in [3.05, 3.63) is 0 Å². The Kier molecular flexibility index (Phi) is 4.62. The van der Waals surface area contributed by atoms with Gasteiger partial charge in [-0.2, -0.15) is 0 Å². The maximum atomic E-state index is 5.40. The molecule has 3 nitrogen and oxygen atoms in total. The molecule has 2 rings (SSSR count). The highest BCUT2D eigenvalue weighted by Gasteiger charge is 2.23. The highest BCUT2D eigenvalue weighted by Crippen LogP contribution is 2.18. The highest BCUT2D eigenvalue weighted by atomic mass is 32.1. The molecule has 0 aromatic rings. The van der Waals surface area contributed by atoms with Crippen LogP contribution in [0.5, 0.6) is 0 Å². The Hall–Kier alpha value is -0.350. The van der Waals surface area contributed by atoms with Gasteiger partial charge in [-0.05, 0) is 51.9 Å². The van der Waals surface area contributed by atoms with Gasteiger partial charge in [-0.3, -0.25) is 0 Å². The van der Waals surface area contributed by atoms with E-state index in [2.05, 4.69) is 29.5 Å². The van der Waals surface area contributed by atoms with Gasteiger partial charge in [0.25, 0.3) is 0 Å². The van der Waals surface area contributed by atoms with Crippen molar-refractivity contribution in [2.24, 2.45) is 0 Å². The number of rotatable bonds is 2. The van der Waals surface area contributed by atoms with E-state index in [0.29, 0.717) is 18.1 Å². The number of hydrogen-bond acceptors (Lipinski definition) is 2. The van der Waals surface area contributed by atoms with Gasteiger partial charge in [0.1, 0.15) is 0 Å². The molecular weight excluding hydrogens is 230 g/mol. The third-order valence-corrected chi connectivity index (χ3v) is 4.47. The third-order valence-electron chi connectivity index (χ3n) is 4.23. The van der Waals surface area contributed by atoms with E-state index < -0.39 is 0 Å². The zero-order valence-electron chi connectivity index (χ0n) is 11.0. The van der Waals surface area contributed by atoms with Gasteiger partial charge < -0.3 is 15.5 Å². The Bertz CT molecular complexity index is 263. The van der Waals surface area contributed by atoms with Gasteiger partial charge in [0.05, 0.1) is 0 Å². The number of likely N-dealkylation sites (tertiary alicyclic amines) is 1. The third kappa shape index (κ3) is 3.81. The molecule has 0 spiro atoms. The largest absolute Gasteiger partial charge is 0.360 e. The van der Waals surface area contributed by atoms with Crippen LogP contribution in [-0.2, 0) is 0 Å². The van der Waals surface area contributed by atoms with Crippen LogP contribution in [-0.4, -0.2) is 41.7 Å². The molecule has 0 amide bonds. The second kappa shape index (κ2) is 6.01. The Morgan fingerprint density at radius 1 is 1.12 bits per heavy atom. The molecule has 0 aromatic carbocycles. The lowest BCUT2D eigenvalue weighted by Crippen LogP contribution is -2.51. The predicted octanol–water partition coefficient (Wildman–Crippen LogP) is 1.88. The van der Waals surface area contributed by atoms with Gasteiger partial charge in [0.2, 0.25) is 0 Å². The van der Waals surface area contributed by atoms with Crippen molar-refractivity contribution in [3.8, 4) is 0 Å². The molecule has 0 radical (unpaired) electrons. The fourth-order valence-electron chi connectivity index (χ4n) is 2.90. The van der Waals surface area contributed by atoms with E-state index in [4.69, 9.17) is 12.2 Å². The van der Waals surface area contributed by atoms with Gasteiger partial charge >= 0.3 is 0 Å². The van der Waals surface area contributed by atoms with E-state index in [0.717, 1.165) is 5.11 Å². The first-order chi connectivity index (χ1) is 8.15. The maximum absolute atomic E-state index is 5.40. The molecule has 1 aliphatic heterocycles. The monoisotopic (exact) mass is 255 g/mol. The number of thiocarbonyl (C=S) groups is 1. The van der Waals surface area contributed by atoms with Crippen molar-refractivity contribution in [2.45, 2.75) is 63.6 Å². The second-order valence-electron chi connectivity index (χ2n) is 5.65. The van der Waals surface area contributed by atoms with Crippen molar-refractivity contribution < 1.29 is 0 Å². The maximum Gasteiger partial charge on any atom is 0.166 e. The van der Waals surface area contributed by atoms with Crippen LogP contribution in [0.1, 0.15) is 45.4 Å². The number of hydrogen-bond donors (Lipinski definition) is 2. The van der Waals surface area contributed by atoms with Gasteiger partial charge in [0.15, 0.2) is 5.11 Å². The van der Waals surface area contributed by atoms with Crippen LogP contribution in [0.4, 0.5) is 0 Å². The molecule has 2 N–H and O–H groups in total. The van der Waals surface area contributed by atoms with E-state index >= 15 is 0 Å². The standard InChI is InChI=1S/C13H25N3S/c1-10-9-12(7-8-16(10)2)15-13(17)14-11-5-3-4-6-11/h10-12H,3-9H2,1-2H3,(H2,14,15,17). The van der Waals surface area contributed by atoms with Gasteiger partial charge in [-0.1, -0.05) is 12.8 Å². The van der Waals surface area contributed by atoms with Crippen molar-refractivity contribution in [1.82, 2.24) is 15.5 Å². The predicted molar refractivity (Wildman–Crippen MR) is 76.2 cm³/mol. The minimum absolute atomic E-state index is 0.558. The summed E-state index contributed by atoms with van der Waals surface area (Å²) in [6, 6.07) is 1.84. The molecule has 0 aromatic heterocycles. The summed E-state index contributed by atoms with van der Waals surface area (Å²) in [7, 11) is 2.20. The summed E-state index contributed by atoms with van der Waals surface area (Å²) in [5.74, 6) is 0. The highest BCUT2D eigenvalue weighted by molar-refractivity contribution is 7.80. The molecule has 1 saturated carbocycles. The normalized spacial score (nSPS) is 31.4. The average Bonchev–Trinajstić information content (AvgIpc) is 2.76. The summed E-state index contributed by atoms with van der Waals surface area (Å²) < 4.78 is 0. The first-order valence-electron chi connectivity index (χ1n) is 6.92. The summed E-state index contributed by atoms with van der Waals surface area (Å²) in [4.78, 5) is 2.42. The van der Waals surface area contributed by atoms with Crippen LogP contribution in [0.3, 0.4) is 0 Å². The molecule has 2 fully saturated rings. The first kappa shape index (κ1) is 13.1. The lowest BCUT2D eigenvalue weighted by molar-refractivity contribution is 0.177. The lowest BCUT2D eigenvalue weighted by atomic mass is 9.99. The smallest absolute Gasteiger partial charge is 0.166 e. The molecule has 2 aliphatic rings. The van der Waals surface area contributed by atoms with Gasteiger partial charge in [-0.25, -0.2) is 0 Å². The molecule has 1 aliphatic carbocycles. The Morgan fingerprint density at radius 3 is 2.41 bits per heavy atom. The van der Waals surface area contributed by atoms with Crippen LogP contribution in [0.25, 0.3) is 0 Å². The van der Waals surface area contributed by atoms with Crippen molar-refractivity contribution in [1.29, 1.82) is 0 Å². The Balaban J connectivity index is 1.71.